The van der Waals surface area contributed by atoms with Crippen molar-refractivity contribution in [3.63, 3.8) is 0 Å². The van der Waals surface area contributed by atoms with E-state index >= 15 is 0 Å². The Morgan fingerprint density at radius 2 is 1.81 bits per heavy atom. The number of rotatable bonds is 6. The standard InChI is InChI=1S/C23H25FN4O3S/c1-16-20(27-22-7-3-2-6-21(22)26-16)12-13-25-23(29)17-5-4-14-28(15-17)32(30,31)19-10-8-18(24)9-11-19/h2-3,6-11,17H,4-5,12-15H2,1H3,(H,25,29)/t17-/m0/s1. The van der Waals surface area contributed by atoms with Crippen molar-refractivity contribution in [3.05, 3.63) is 65.7 Å². The average Bonchev–Trinajstić information content (AvgIpc) is 2.79. The Morgan fingerprint density at radius 3 is 2.53 bits per heavy atom. The van der Waals surface area contributed by atoms with E-state index in [1.807, 2.05) is 31.2 Å². The summed E-state index contributed by atoms with van der Waals surface area (Å²) in [5.74, 6) is -1.09. The van der Waals surface area contributed by atoms with E-state index in [2.05, 4.69) is 15.3 Å². The number of halogens is 1. The predicted molar refractivity (Wildman–Crippen MR) is 119 cm³/mol. The number of piperidine rings is 1. The highest BCUT2D eigenvalue weighted by atomic mass is 32.2. The normalized spacial score (nSPS) is 17.4. The summed E-state index contributed by atoms with van der Waals surface area (Å²) in [4.78, 5) is 22.0. The number of hydrogen-bond donors (Lipinski definition) is 1. The molecule has 1 fully saturated rings. The summed E-state index contributed by atoms with van der Waals surface area (Å²) in [5.41, 5.74) is 3.30. The lowest BCUT2D eigenvalue weighted by Gasteiger charge is -2.31. The Hall–Kier alpha value is -2.91. The largest absolute Gasteiger partial charge is 0.355 e. The molecular formula is C23H25FN4O3S. The van der Waals surface area contributed by atoms with Crippen LogP contribution in [-0.2, 0) is 21.2 Å². The molecule has 2 aromatic carbocycles. The highest BCUT2D eigenvalue weighted by molar-refractivity contribution is 7.89. The molecular weight excluding hydrogens is 431 g/mol. The van der Waals surface area contributed by atoms with Gasteiger partial charge in [-0.15, -0.1) is 0 Å². The van der Waals surface area contributed by atoms with Crippen molar-refractivity contribution in [2.24, 2.45) is 5.92 Å². The number of para-hydroxylation sites is 2. The van der Waals surface area contributed by atoms with Crippen LogP contribution in [0.2, 0.25) is 0 Å². The number of carbonyl (C=O) groups excluding carboxylic acids is 1. The van der Waals surface area contributed by atoms with Crippen LogP contribution in [-0.4, -0.2) is 48.2 Å². The quantitative estimate of drug-likeness (QED) is 0.616. The molecule has 0 bridgehead atoms. The third-order valence-corrected chi connectivity index (χ3v) is 7.59. The van der Waals surface area contributed by atoms with Crippen LogP contribution >= 0.6 is 0 Å². The van der Waals surface area contributed by atoms with E-state index in [0.29, 0.717) is 32.4 Å². The lowest BCUT2D eigenvalue weighted by atomic mass is 9.99. The van der Waals surface area contributed by atoms with Crippen LogP contribution in [0.3, 0.4) is 0 Å². The van der Waals surface area contributed by atoms with Crippen LogP contribution in [0.5, 0.6) is 0 Å². The fourth-order valence-corrected chi connectivity index (χ4v) is 5.46. The molecule has 4 rings (SSSR count). The maximum Gasteiger partial charge on any atom is 0.243 e. The van der Waals surface area contributed by atoms with Gasteiger partial charge in [0.05, 0.1) is 33.2 Å². The monoisotopic (exact) mass is 456 g/mol. The highest BCUT2D eigenvalue weighted by Crippen LogP contribution is 2.24. The van der Waals surface area contributed by atoms with Gasteiger partial charge in [-0.1, -0.05) is 12.1 Å². The van der Waals surface area contributed by atoms with Crippen LogP contribution < -0.4 is 5.32 Å². The molecule has 1 amide bonds. The van der Waals surface area contributed by atoms with E-state index < -0.39 is 21.8 Å². The van der Waals surface area contributed by atoms with Crippen LogP contribution in [0, 0.1) is 18.7 Å². The Kier molecular flexibility index (Phi) is 6.48. The van der Waals surface area contributed by atoms with E-state index in [1.165, 1.54) is 16.4 Å². The van der Waals surface area contributed by atoms with Gasteiger partial charge in [0, 0.05) is 26.1 Å². The molecule has 1 aliphatic heterocycles. The third kappa shape index (κ3) is 4.78. The summed E-state index contributed by atoms with van der Waals surface area (Å²) in [7, 11) is -3.77. The number of nitrogens with zero attached hydrogens (tertiary/aromatic N) is 3. The van der Waals surface area contributed by atoms with Crippen molar-refractivity contribution in [3.8, 4) is 0 Å². The van der Waals surface area contributed by atoms with Gasteiger partial charge in [0.2, 0.25) is 15.9 Å². The first-order valence-electron chi connectivity index (χ1n) is 10.6. The van der Waals surface area contributed by atoms with Crippen molar-refractivity contribution in [1.82, 2.24) is 19.6 Å². The summed E-state index contributed by atoms with van der Waals surface area (Å²) < 4.78 is 40.2. The molecule has 0 spiro atoms. The lowest BCUT2D eigenvalue weighted by Crippen LogP contribution is -2.45. The molecule has 0 unspecified atom stereocenters. The summed E-state index contributed by atoms with van der Waals surface area (Å²) >= 11 is 0. The number of fused-ring (bicyclic) bond motifs is 1. The molecule has 3 aromatic rings. The summed E-state index contributed by atoms with van der Waals surface area (Å²) in [6, 6.07) is 12.4. The molecule has 1 aromatic heterocycles. The van der Waals surface area contributed by atoms with Gasteiger partial charge in [-0.05, 0) is 56.2 Å². The van der Waals surface area contributed by atoms with E-state index in [1.54, 1.807) is 0 Å². The minimum absolute atomic E-state index is 0.0327. The van der Waals surface area contributed by atoms with E-state index in [4.69, 9.17) is 0 Å². The number of sulfonamides is 1. The molecule has 7 nitrogen and oxygen atoms in total. The Balaban J connectivity index is 1.36. The van der Waals surface area contributed by atoms with Crippen LogP contribution in [0.15, 0.2) is 53.4 Å². The zero-order valence-corrected chi connectivity index (χ0v) is 18.6. The summed E-state index contributed by atoms with van der Waals surface area (Å²) in [6.07, 6.45) is 1.75. The molecule has 9 heteroatoms. The van der Waals surface area contributed by atoms with Crippen molar-refractivity contribution in [2.45, 2.75) is 31.1 Å². The summed E-state index contributed by atoms with van der Waals surface area (Å²) in [6.45, 7) is 2.75. The van der Waals surface area contributed by atoms with E-state index in [0.717, 1.165) is 34.6 Å². The highest BCUT2D eigenvalue weighted by Gasteiger charge is 2.33. The van der Waals surface area contributed by atoms with Gasteiger partial charge in [0.15, 0.2) is 0 Å². The molecule has 1 N–H and O–H groups in total. The number of nitrogens with one attached hydrogen (secondary N) is 1. The molecule has 1 saturated heterocycles. The number of aryl methyl sites for hydroxylation is 1. The van der Waals surface area contributed by atoms with Gasteiger partial charge in [0.25, 0.3) is 0 Å². The third-order valence-electron chi connectivity index (χ3n) is 5.71. The van der Waals surface area contributed by atoms with Crippen molar-refractivity contribution in [1.29, 1.82) is 0 Å². The molecule has 0 aliphatic carbocycles. The first kappa shape index (κ1) is 22.3. The maximum absolute atomic E-state index is 13.2. The first-order valence-corrected chi connectivity index (χ1v) is 12.0. The number of hydrogen-bond acceptors (Lipinski definition) is 5. The number of carbonyl (C=O) groups is 1. The molecule has 1 aliphatic rings. The smallest absolute Gasteiger partial charge is 0.243 e. The number of aromatic nitrogens is 2. The minimum Gasteiger partial charge on any atom is -0.355 e. The molecule has 168 valence electrons. The molecule has 1 atom stereocenters. The van der Waals surface area contributed by atoms with Crippen molar-refractivity contribution >= 4 is 27.0 Å². The van der Waals surface area contributed by atoms with Crippen LogP contribution in [0.1, 0.15) is 24.2 Å². The fraction of sp³-hybridized carbons (Fsp3) is 0.348. The first-order chi connectivity index (χ1) is 15.3. The Bertz CT molecular complexity index is 1230. The predicted octanol–water partition coefficient (Wildman–Crippen LogP) is 2.84. The molecule has 2 heterocycles. The Morgan fingerprint density at radius 1 is 1.12 bits per heavy atom. The fourth-order valence-electron chi connectivity index (χ4n) is 3.94. The zero-order valence-electron chi connectivity index (χ0n) is 17.8. The maximum atomic E-state index is 13.2. The minimum atomic E-state index is -3.77. The van der Waals surface area contributed by atoms with Gasteiger partial charge in [-0.3, -0.25) is 4.79 Å². The van der Waals surface area contributed by atoms with Gasteiger partial charge >= 0.3 is 0 Å². The van der Waals surface area contributed by atoms with Crippen molar-refractivity contribution < 1.29 is 17.6 Å². The molecule has 0 radical (unpaired) electrons. The lowest BCUT2D eigenvalue weighted by molar-refractivity contribution is -0.126. The summed E-state index contributed by atoms with van der Waals surface area (Å²) in [5, 5.41) is 2.92. The Labute approximate surface area is 186 Å². The number of amides is 1. The van der Waals surface area contributed by atoms with E-state index in [-0.39, 0.29) is 17.3 Å². The average molecular weight is 457 g/mol. The second-order valence-electron chi connectivity index (χ2n) is 7.94. The van der Waals surface area contributed by atoms with Gasteiger partial charge in [0.1, 0.15) is 5.82 Å². The topological polar surface area (TPSA) is 92.3 Å². The van der Waals surface area contributed by atoms with Crippen LogP contribution in [0.25, 0.3) is 11.0 Å². The van der Waals surface area contributed by atoms with Gasteiger partial charge in [-0.25, -0.2) is 22.8 Å². The molecule has 32 heavy (non-hydrogen) atoms. The number of benzene rings is 2. The zero-order chi connectivity index (χ0) is 22.7. The SMILES string of the molecule is Cc1nc2ccccc2nc1CCNC(=O)[C@H]1CCCN(S(=O)(=O)c2ccc(F)cc2)C1. The van der Waals surface area contributed by atoms with Gasteiger partial charge in [-0.2, -0.15) is 4.31 Å². The van der Waals surface area contributed by atoms with Crippen LogP contribution in [0.4, 0.5) is 4.39 Å². The molecule has 0 saturated carbocycles. The van der Waals surface area contributed by atoms with Crippen molar-refractivity contribution in [2.75, 3.05) is 19.6 Å². The second kappa shape index (κ2) is 9.30. The van der Waals surface area contributed by atoms with Gasteiger partial charge < -0.3 is 5.32 Å². The second-order valence-corrected chi connectivity index (χ2v) is 9.88. The van der Waals surface area contributed by atoms with E-state index in [9.17, 15) is 17.6 Å².